The monoisotopic (exact) mass is 370 g/mol. The van der Waals surface area contributed by atoms with E-state index in [4.69, 9.17) is 9.47 Å². The quantitative estimate of drug-likeness (QED) is 0.564. The Balaban J connectivity index is 0.00000225. The highest BCUT2D eigenvalue weighted by Gasteiger charge is 2.15. The van der Waals surface area contributed by atoms with Gasteiger partial charge in [0.05, 0.1) is 31.3 Å². The van der Waals surface area contributed by atoms with E-state index < -0.39 is 0 Å². The van der Waals surface area contributed by atoms with E-state index in [9.17, 15) is 10.1 Å². The van der Waals surface area contributed by atoms with Crippen LogP contribution in [0, 0.1) is 10.1 Å². The zero-order valence-corrected chi connectivity index (χ0v) is 15.0. The third kappa shape index (κ3) is 4.59. The minimum Gasteiger partial charge on any atom is -0.772 e. The molecule has 8 nitrogen and oxygen atoms in total. The molecule has 3 rings (SSSR count). The van der Waals surface area contributed by atoms with Crippen molar-refractivity contribution in [3.05, 3.63) is 34.1 Å². The van der Waals surface area contributed by atoms with Gasteiger partial charge in [-0.15, -0.1) is 12.4 Å². The highest BCUT2D eigenvalue weighted by atomic mass is 35.5. The Morgan fingerprint density at radius 3 is 2.84 bits per heavy atom. The second kappa shape index (κ2) is 8.98. The number of halogens is 1. The molecule has 0 radical (unpaired) electrons. The van der Waals surface area contributed by atoms with Gasteiger partial charge in [-0.05, 0) is 18.6 Å². The molecule has 0 spiro atoms. The van der Waals surface area contributed by atoms with Crippen molar-refractivity contribution in [2.24, 2.45) is 0 Å². The minimum absolute atomic E-state index is 0. The third-order valence-electron chi connectivity index (χ3n) is 4.12. The molecule has 0 N–H and O–H groups in total. The Hall–Kier alpha value is -1.90. The predicted octanol–water partition coefficient (Wildman–Crippen LogP) is 1.38. The van der Waals surface area contributed by atoms with Crippen LogP contribution in [0.2, 0.25) is 0 Å². The second-order valence-electron chi connectivity index (χ2n) is 5.74. The molecule has 1 fully saturated rings. The molecular weight excluding hydrogens is 348 g/mol. The molecule has 1 aliphatic rings. The maximum atomic E-state index is 12.2. The van der Waals surface area contributed by atoms with Crippen molar-refractivity contribution < 1.29 is 13.9 Å². The van der Waals surface area contributed by atoms with Crippen molar-refractivity contribution in [3.8, 4) is 5.75 Å². The van der Waals surface area contributed by atoms with Crippen LogP contribution < -0.4 is 9.16 Å². The van der Waals surface area contributed by atoms with E-state index in [0.717, 1.165) is 39.3 Å². The highest BCUT2D eigenvalue weighted by Crippen LogP contribution is 2.17. The lowest BCUT2D eigenvalue weighted by Crippen LogP contribution is -2.37. The summed E-state index contributed by atoms with van der Waals surface area (Å²) in [5.41, 5.74) is 0.519. The largest absolute Gasteiger partial charge is 0.772 e. The number of fused-ring (bicyclic) bond motifs is 1. The summed E-state index contributed by atoms with van der Waals surface area (Å²) in [5, 5.41) is 15.6. The van der Waals surface area contributed by atoms with Crippen LogP contribution in [-0.4, -0.2) is 54.3 Å². The molecular formula is C16H23ClN4O4. The predicted molar refractivity (Wildman–Crippen MR) is 95.9 cm³/mol. The van der Waals surface area contributed by atoms with Gasteiger partial charge in [0.15, 0.2) is 0 Å². The molecule has 1 aromatic carbocycles. The Kier molecular flexibility index (Phi) is 6.98. The minimum atomic E-state index is 0. The van der Waals surface area contributed by atoms with E-state index in [2.05, 4.69) is 10.00 Å². The summed E-state index contributed by atoms with van der Waals surface area (Å²) in [6, 6.07) is 4.87. The molecule has 0 unspecified atom stereocenters. The van der Waals surface area contributed by atoms with Gasteiger partial charge in [-0.3, -0.25) is 4.90 Å². The number of hydrogen-bond donors (Lipinski definition) is 0. The van der Waals surface area contributed by atoms with E-state index in [0.29, 0.717) is 28.0 Å². The molecule has 0 atom stereocenters. The number of nitrogens with zero attached hydrogens (tertiary/aromatic N) is 4. The van der Waals surface area contributed by atoms with Crippen molar-refractivity contribution in [1.29, 1.82) is 0 Å². The van der Waals surface area contributed by atoms with Gasteiger partial charge in [-0.1, -0.05) is 11.8 Å². The summed E-state index contributed by atoms with van der Waals surface area (Å²) in [6.07, 6.45) is 1.29. The van der Waals surface area contributed by atoms with Crippen LogP contribution >= 0.6 is 12.4 Å². The number of hydrogen-bond acceptors (Lipinski definition) is 6. The van der Waals surface area contributed by atoms with Gasteiger partial charge >= 0.3 is 5.82 Å². The van der Waals surface area contributed by atoms with Crippen molar-refractivity contribution in [3.63, 3.8) is 0 Å². The number of ether oxygens (including phenoxy) is 2. The zero-order valence-electron chi connectivity index (χ0n) is 14.2. The van der Waals surface area contributed by atoms with E-state index >= 15 is 0 Å². The number of benzene rings is 1. The van der Waals surface area contributed by atoms with Crippen LogP contribution in [0.1, 0.15) is 19.2 Å². The molecule has 25 heavy (non-hydrogen) atoms. The van der Waals surface area contributed by atoms with E-state index in [1.807, 2.05) is 0 Å². The number of aromatic nitrogens is 3. The summed E-state index contributed by atoms with van der Waals surface area (Å²) < 4.78 is 11.7. The first-order valence-corrected chi connectivity index (χ1v) is 8.28. The maximum Gasteiger partial charge on any atom is 0.367 e. The fourth-order valence-corrected chi connectivity index (χ4v) is 2.77. The topological polar surface area (TPSA) is 85.6 Å². The molecule has 0 bridgehead atoms. The summed E-state index contributed by atoms with van der Waals surface area (Å²) in [7, 11) is 0. The number of morpholine rings is 1. The van der Waals surface area contributed by atoms with Crippen LogP contribution in [0.15, 0.2) is 18.2 Å². The van der Waals surface area contributed by atoms with Gasteiger partial charge in [0, 0.05) is 30.1 Å². The summed E-state index contributed by atoms with van der Waals surface area (Å²) in [6.45, 7) is 6.81. The maximum absolute atomic E-state index is 12.2. The van der Waals surface area contributed by atoms with Crippen molar-refractivity contribution in [1.82, 2.24) is 14.8 Å². The molecule has 9 heteroatoms. The van der Waals surface area contributed by atoms with Crippen molar-refractivity contribution in [2.75, 3.05) is 39.5 Å². The van der Waals surface area contributed by atoms with Crippen LogP contribution in [-0.2, 0) is 11.2 Å². The summed E-state index contributed by atoms with van der Waals surface area (Å²) in [5.74, 6) is 0.782. The van der Waals surface area contributed by atoms with Gasteiger partial charge in [0.2, 0.25) is 5.52 Å². The first kappa shape index (κ1) is 19.4. The molecule has 1 saturated heterocycles. The Morgan fingerprint density at radius 2 is 2.12 bits per heavy atom. The Labute approximate surface area is 151 Å². The van der Waals surface area contributed by atoms with Crippen molar-refractivity contribution >= 4 is 23.4 Å². The van der Waals surface area contributed by atoms with Crippen LogP contribution in [0.25, 0.3) is 11.0 Å². The molecule has 0 saturated carbocycles. The van der Waals surface area contributed by atoms with Gasteiger partial charge in [-0.25, -0.2) is 0 Å². The average Bonchev–Trinajstić information content (AvgIpc) is 2.62. The van der Waals surface area contributed by atoms with Crippen LogP contribution in [0.3, 0.4) is 0 Å². The molecule has 138 valence electrons. The van der Waals surface area contributed by atoms with E-state index in [1.165, 1.54) is 0 Å². The fraction of sp³-hybridized carbons (Fsp3) is 0.562. The third-order valence-corrected chi connectivity index (χ3v) is 4.12. The standard InChI is InChI=1S/C16H22N4O4.ClH/c1-2-16-17-20(22)14-5-4-13(12-15(14)19(16)21)24-9-3-6-18-7-10-23-11-8-18;/h4-5,12H,2-3,6-11H2,1H3;1H. The lowest BCUT2D eigenvalue weighted by molar-refractivity contribution is -0.480. The normalized spacial score (nSPS) is 15.1. The first-order chi connectivity index (χ1) is 11.7. The Morgan fingerprint density at radius 1 is 1.36 bits per heavy atom. The molecule has 1 aromatic heterocycles. The molecule has 1 aliphatic heterocycles. The van der Waals surface area contributed by atoms with Gasteiger partial charge in [0.25, 0.3) is 0 Å². The summed E-state index contributed by atoms with van der Waals surface area (Å²) in [4.78, 5) is 15.1. The average molecular weight is 371 g/mol. The lowest BCUT2D eigenvalue weighted by Gasteiger charge is -2.26. The van der Waals surface area contributed by atoms with E-state index in [1.54, 1.807) is 25.1 Å². The van der Waals surface area contributed by atoms with Gasteiger partial charge in [0.1, 0.15) is 11.3 Å². The zero-order chi connectivity index (χ0) is 16.9. The van der Waals surface area contributed by atoms with Crippen LogP contribution in [0.4, 0.5) is 0 Å². The highest BCUT2D eigenvalue weighted by molar-refractivity contribution is 5.85. The smallest absolute Gasteiger partial charge is 0.367 e. The van der Waals surface area contributed by atoms with E-state index in [-0.39, 0.29) is 29.3 Å². The van der Waals surface area contributed by atoms with Crippen LogP contribution in [0.5, 0.6) is 5.75 Å². The lowest BCUT2D eigenvalue weighted by atomic mass is 10.3. The molecule has 2 aromatic rings. The van der Waals surface area contributed by atoms with Gasteiger partial charge in [-0.2, -0.15) is 4.85 Å². The number of aryl methyl sites for hydroxylation is 1. The molecule has 0 aliphatic carbocycles. The molecule has 0 amide bonds. The first-order valence-electron chi connectivity index (χ1n) is 8.28. The second-order valence-corrected chi connectivity index (χ2v) is 5.74. The van der Waals surface area contributed by atoms with Crippen molar-refractivity contribution in [2.45, 2.75) is 19.8 Å². The summed E-state index contributed by atoms with van der Waals surface area (Å²) >= 11 is 0. The SMILES string of the molecule is CCc1nn([O-])c2ccc(OCCCN3CCOCC3)cc2[n+]1=O.Cl. The Bertz CT molecular complexity index is 762. The number of rotatable bonds is 6. The fourth-order valence-electron chi connectivity index (χ4n) is 2.77. The van der Waals surface area contributed by atoms with Gasteiger partial charge < -0.3 is 14.7 Å². The molecule has 2 heterocycles.